The van der Waals surface area contributed by atoms with E-state index in [0.717, 1.165) is 40.9 Å². The molecule has 1 aliphatic rings. The van der Waals surface area contributed by atoms with Crippen LogP contribution >= 0.6 is 15.9 Å². The second-order valence-corrected chi connectivity index (χ2v) is 6.23. The average molecular weight is 349 g/mol. The number of rotatable bonds is 3. The van der Waals surface area contributed by atoms with E-state index in [0.29, 0.717) is 6.01 Å². The predicted molar refractivity (Wildman–Crippen MR) is 84.7 cm³/mol. The summed E-state index contributed by atoms with van der Waals surface area (Å²) in [5, 5.41) is 0. The number of aryl methyl sites for hydroxylation is 2. The number of anilines is 1. The van der Waals surface area contributed by atoms with Gasteiger partial charge in [-0.3, -0.25) is 0 Å². The smallest absolute Gasteiger partial charge is 0.316 e. The van der Waals surface area contributed by atoms with E-state index >= 15 is 0 Å². The van der Waals surface area contributed by atoms with Crippen LogP contribution < -0.4 is 9.64 Å². The first-order chi connectivity index (χ1) is 10.1. The van der Waals surface area contributed by atoms with Gasteiger partial charge in [0, 0.05) is 36.0 Å². The van der Waals surface area contributed by atoms with Crippen LogP contribution in [0.25, 0.3) is 0 Å². The summed E-state index contributed by atoms with van der Waals surface area (Å²) in [6, 6.07) is 2.53. The molecule has 0 aliphatic carbocycles. The lowest BCUT2D eigenvalue weighted by Crippen LogP contribution is -2.26. The van der Waals surface area contributed by atoms with Crippen molar-refractivity contribution in [2.75, 3.05) is 18.0 Å². The monoisotopic (exact) mass is 348 g/mol. The van der Waals surface area contributed by atoms with Gasteiger partial charge in [-0.2, -0.15) is 0 Å². The average Bonchev–Trinajstić information content (AvgIpc) is 2.90. The van der Waals surface area contributed by atoms with Gasteiger partial charge in [0.05, 0.1) is 6.54 Å². The third-order valence-corrected chi connectivity index (χ3v) is 3.92. The SMILES string of the molecule is Cc1cnc(OC2CCN(c3ncc(Br)cc3C)C2)nc1. The molecule has 21 heavy (non-hydrogen) atoms. The zero-order chi connectivity index (χ0) is 14.8. The topological polar surface area (TPSA) is 51.1 Å². The lowest BCUT2D eigenvalue weighted by Gasteiger charge is -2.19. The summed E-state index contributed by atoms with van der Waals surface area (Å²) < 4.78 is 6.85. The molecular formula is C15H17BrN4O. The summed E-state index contributed by atoms with van der Waals surface area (Å²) in [7, 11) is 0. The lowest BCUT2D eigenvalue weighted by atomic mass is 10.3. The molecule has 1 saturated heterocycles. The Hall–Kier alpha value is -1.69. The first-order valence-corrected chi connectivity index (χ1v) is 7.73. The Bertz CT molecular complexity index is 632. The second-order valence-electron chi connectivity index (χ2n) is 5.31. The summed E-state index contributed by atoms with van der Waals surface area (Å²) >= 11 is 3.44. The van der Waals surface area contributed by atoms with Gasteiger partial charge in [0.25, 0.3) is 0 Å². The van der Waals surface area contributed by atoms with Crippen LogP contribution in [0.5, 0.6) is 6.01 Å². The van der Waals surface area contributed by atoms with Gasteiger partial charge in [-0.15, -0.1) is 0 Å². The van der Waals surface area contributed by atoms with Crippen molar-refractivity contribution >= 4 is 21.7 Å². The molecule has 0 radical (unpaired) electrons. The van der Waals surface area contributed by atoms with Crippen molar-refractivity contribution in [2.45, 2.75) is 26.4 Å². The van der Waals surface area contributed by atoms with E-state index < -0.39 is 0 Å². The number of halogens is 1. The summed E-state index contributed by atoms with van der Waals surface area (Å²) in [4.78, 5) is 15.1. The summed E-state index contributed by atoms with van der Waals surface area (Å²) in [5.41, 5.74) is 2.20. The minimum atomic E-state index is 0.109. The molecule has 5 nitrogen and oxygen atoms in total. The molecule has 1 atom stereocenters. The van der Waals surface area contributed by atoms with Gasteiger partial charge in [0.2, 0.25) is 0 Å². The van der Waals surface area contributed by atoms with E-state index in [-0.39, 0.29) is 6.10 Å². The largest absolute Gasteiger partial charge is 0.458 e. The molecule has 0 N–H and O–H groups in total. The summed E-state index contributed by atoms with van der Waals surface area (Å²) in [6.45, 7) is 5.78. The fourth-order valence-corrected chi connectivity index (χ4v) is 2.92. The van der Waals surface area contributed by atoms with Gasteiger partial charge in [-0.25, -0.2) is 15.0 Å². The highest BCUT2D eigenvalue weighted by atomic mass is 79.9. The number of pyridine rings is 1. The summed E-state index contributed by atoms with van der Waals surface area (Å²) in [6.07, 6.45) is 6.44. The molecule has 1 fully saturated rings. The van der Waals surface area contributed by atoms with Crippen LogP contribution in [0.3, 0.4) is 0 Å². The number of aromatic nitrogens is 3. The van der Waals surface area contributed by atoms with E-state index in [1.807, 2.05) is 13.1 Å². The third-order valence-electron chi connectivity index (χ3n) is 3.49. The molecule has 3 rings (SSSR count). The van der Waals surface area contributed by atoms with Crippen molar-refractivity contribution < 1.29 is 4.74 Å². The molecule has 0 spiro atoms. The van der Waals surface area contributed by atoms with Gasteiger partial charge >= 0.3 is 6.01 Å². The molecule has 3 heterocycles. The maximum absolute atomic E-state index is 5.84. The standard InChI is InChI=1S/C15H17BrN4O/c1-10-6-18-15(19-7-10)21-13-3-4-20(9-13)14-11(2)5-12(16)8-17-14/h5-8,13H,3-4,9H2,1-2H3. The maximum Gasteiger partial charge on any atom is 0.316 e. The number of ether oxygens (including phenoxy) is 1. The molecule has 2 aromatic heterocycles. The molecule has 0 bridgehead atoms. The van der Waals surface area contributed by atoms with E-state index in [2.05, 4.69) is 48.8 Å². The summed E-state index contributed by atoms with van der Waals surface area (Å²) in [5.74, 6) is 1.02. The Kier molecular flexibility index (Phi) is 4.05. The van der Waals surface area contributed by atoms with E-state index in [4.69, 9.17) is 4.74 Å². The van der Waals surface area contributed by atoms with Gasteiger partial charge < -0.3 is 9.64 Å². The molecule has 0 aromatic carbocycles. The zero-order valence-corrected chi connectivity index (χ0v) is 13.7. The van der Waals surface area contributed by atoms with E-state index in [1.54, 1.807) is 12.4 Å². The van der Waals surface area contributed by atoms with Gasteiger partial charge in [-0.05, 0) is 47.0 Å². The predicted octanol–water partition coefficient (Wildman–Crippen LogP) is 2.91. The highest BCUT2D eigenvalue weighted by Crippen LogP contribution is 2.25. The molecule has 0 amide bonds. The minimum Gasteiger partial charge on any atom is -0.458 e. The minimum absolute atomic E-state index is 0.109. The lowest BCUT2D eigenvalue weighted by molar-refractivity contribution is 0.206. The molecular weight excluding hydrogens is 332 g/mol. The molecule has 0 saturated carbocycles. The molecule has 1 aliphatic heterocycles. The van der Waals surface area contributed by atoms with Gasteiger partial charge in [0.15, 0.2) is 0 Å². The van der Waals surface area contributed by atoms with Gasteiger partial charge in [0.1, 0.15) is 11.9 Å². The van der Waals surface area contributed by atoms with Crippen molar-refractivity contribution in [1.82, 2.24) is 15.0 Å². The fourth-order valence-electron chi connectivity index (χ4n) is 2.47. The van der Waals surface area contributed by atoms with Gasteiger partial charge in [-0.1, -0.05) is 0 Å². The zero-order valence-electron chi connectivity index (χ0n) is 12.1. The van der Waals surface area contributed by atoms with Crippen LogP contribution in [0.1, 0.15) is 17.5 Å². The van der Waals surface area contributed by atoms with Crippen LogP contribution in [0, 0.1) is 13.8 Å². The Morgan fingerprint density at radius 2 is 1.95 bits per heavy atom. The van der Waals surface area contributed by atoms with Crippen molar-refractivity contribution in [3.63, 3.8) is 0 Å². The third kappa shape index (κ3) is 3.32. The molecule has 1 unspecified atom stereocenters. The van der Waals surface area contributed by atoms with Crippen LogP contribution in [-0.4, -0.2) is 34.1 Å². The Morgan fingerprint density at radius 1 is 1.19 bits per heavy atom. The first kappa shape index (κ1) is 14.3. The van der Waals surface area contributed by atoms with E-state index in [1.165, 1.54) is 0 Å². The van der Waals surface area contributed by atoms with Crippen molar-refractivity contribution in [2.24, 2.45) is 0 Å². The van der Waals surface area contributed by atoms with Crippen molar-refractivity contribution in [3.8, 4) is 6.01 Å². The van der Waals surface area contributed by atoms with Crippen molar-refractivity contribution in [3.05, 3.63) is 40.3 Å². The quantitative estimate of drug-likeness (QED) is 0.853. The Morgan fingerprint density at radius 3 is 2.67 bits per heavy atom. The Balaban J connectivity index is 1.66. The fraction of sp³-hybridized carbons (Fsp3) is 0.400. The highest BCUT2D eigenvalue weighted by molar-refractivity contribution is 9.10. The molecule has 2 aromatic rings. The first-order valence-electron chi connectivity index (χ1n) is 6.94. The number of nitrogens with zero attached hydrogens (tertiary/aromatic N) is 4. The van der Waals surface area contributed by atoms with Crippen LogP contribution in [0.4, 0.5) is 5.82 Å². The second kappa shape index (κ2) is 5.97. The molecule has 6 heteroatoms. The molecule has 110 valence electrons. The number of hydrogen-bond donors (Lipinski definition) is 0. The normalized spacial score (nSPS) is 18.0. The van der Waals surface area contributed by atoms with Crippen LogP contribution in [-0.2, 0) is 0 Å². The Labute approximate surface area is 132 Å². The van der Waals surface area contributed by atoms with Crippen LogP contribution in [0.2, 0.25) is 0 Å². The highest BCUT2D eigenvalue weighted by Gasteiger charge is 2.26. The number of hydrogen-bond acceptors (Lipinski definition) is 5. The van der Waals surface area contributed by atoms with Crippen LogP contribution in [0.15, 0.2) is 29.1 Å². The van der Waals surface area contributed by atoms with E-state index in [9.17, 15) is 0 Å². The maximum atomic E-state index is 5.84. The van der Waals surface area contributed by atoms with Crippen molar-refractivity contribution in [1.29, 1.82) is 0 Å².